The van der Waals surface area contributed by atoms with Gasteiger partial charge in [-0.15, -0.1) is 11.8 Å². The topological polar surface area (TPSA) is 547 Å². The number of hydrogen-bond acceptors (Lipinski definition) is 28. The molecule has 8 aliphatic rings. The van der Waals surface area contributed by atoms with Crippen molar-refractivity contribution < 1.29 is 123 Å². The second kappa shape index (κ2) is 43.9. The standard InChI is InChI=1S/C103H117F2N15O26S/c1-11-102(135)70-40-78-86-65(44-119(78)92(125)68(70)49-142-94(102)127)82-74(32-30-61-53(7)72(104)42-76(111-86)80(61)82)113-97(130)144-46-57-22-26-59(27-23-57)109-88(121)55(9)107-90(123)84(51(3)4)115-99(132)140-38-35-118(147(137,138)117-101(134)139-37-19-15-18-34-106-96(129)146-48-67-63-20-16-13-14-17-21-64(63)67)36-39-141-100(133)116-85(52(5)6)91(124)108-56(10)89(122)110-60-28-24-58(25-29-60)47-145-98(131)114-75-33-31-62-54(8)73(105)43-77-81(62)83(75)66-45-120-79(87(66)112-77)41-71-69(93(120)126)50-143-95(128)103(71,136)12-2/h22-29,40-43,51-52,55-56,63-64,67,74-75,84-85,135-136H,11-12,15-21,30-39,44-50H2,1-10H3,(H,106,129)(H,107,123)(H,108,124)(H,109,121)(H,110,122)(H,113,130)(H,114,131)(H,115,132)(H,116,133)(H,117,134)/t55-,56-,63-,64+,67-,74-,75-,84-,85-,102-,103-/m0/s1. The lowest BCUT2D eigenvalue weighted by Crippen LogP contribution is -2.54. The molecule has 0 unspecified atom stereocenters. The molecule has 8 aromatic rings. The monoisotopic (exact) mass is 2050 g/mol. The van der Waals surface area contributed by atoms with Gasteiger partial charge in [0.15, 0.2) is 11.2 Å². The number of unbranched alkanes of at least 4 members (excludes halogenated alkanes) is 2. The number of hydrogen-bond donors (Lipinski definition) is 12. The maximum atomic E-state index is 15.6. The molecule has 10 amide bonds. The first-order valence-corrected chi connectivity index (χ1v) is 50.7. The lowest BCUT2D eigenvalue weighted by atomic mass is 9.81. The van der Waals surface area contributed by atoms with Gasteiger partial charge in [-0.3, -0.25) is 28.8 Å². The summed E-state index contributed by atoms with van der Waals surface area (Å²) in [7, 11) is -4.95. The van der Waals surface area contributed by atoms with Gasteiger partial charge in [0.1, 0.15) is 75.4 Å². The molecule has 8 heterocycles. The van der Waals surface area contributed by atoms with Crippen LogP contribution in [0.2, 0.25) is 0 Å². The summed E-state index contributed by atoms with van der Waals surface area (Å²) in [6.07, 6.45) is -0.0312. The number of ether oxygens (including phenoxy) is 8. The van der Waals surface area contributed by atoms with Crippen molar-refractivity contribution in [1.29, 1.82) is 0 Å². The number of amides is 10. The molecule has 12 N–H and O–H groups in total. The van der Waals surface area contributed by atoms with Crippen LogP contribution in [0.5, 0.6) is 0 Å². The Bertz CT molecular complexity index is 6600. The van der Waals surface area contributed by atoms with Crippen molar-refractivity contribution in [2.75, 3.05) is 56.7 Å². The number of anilines is 2. The average molecular weight is 2050 g/mol. The van der Waals surface area contributed by atoms with E-state index < -0.39 is 191 Å². The van der Waals surface area contributed by atoms with Gasteiger partial charge in [-0.05, 0) is 209 Å². The molecular weight excluding hydrogens is 1930 g/mol. The lowest BCUT2D eigenvalue weighted by Gasteiger charge is -2.31. The number of fused-ring (bicyclic) bond motifs is 11. The fourth-order valence-corrected chi connectivity index (χ4v) is 21.4. The summed E-state index contributed by atoms with van der Waals surface area (Å²) in [6.45, 7) is 11.9. The molecule has 44 heteroatoms. The third-order valence-electron chi connectivity index (χ3n) is 28.7. The van der Waals surface area contributed by atoms with Gasteiger partial charge in [-0.1, -0.05) is 65.8 Å². The van der Waals surface area contributed by atoms with Crippen molar-refractivity contribution in [3.05, 3.63) is 183 Å². The number of pyridine rings is 4. The Morgan fingerprint density at radius 2 is 0.946 bits per heavy atom. The Hall–Kier alpha value is -14.7. The molecule has 11 atom stereocenters. The van der Waals surface area contributed by atoms with Gasteiger partial charge in [-0.25, -0.2) is 61.8 Å². The zero-order chi connectivity index (χ0) is 105. The normalized spacial score (nSPS) is 19.6. The number of esters is 2. The number of nitrogens with zero attached hydrogens (tertiary/aromatic N) is 5. The van der Waals surface area contributed by atoms with E-state index in [0.717, 1.165) is 25.7 Å². The van der Waals surface area contributed by atoms with Gasteiger partial charge in [0.05, 0.1) is 83.3 Å². The Balaban J connectivity index is 0.490. The molecule has 0 spiro atoms. The molecule has 780 valence electrons. The summed E-state index contributed by atoms with van der Waals surface area (Å²) < 4.78 is 108. The maximum absolute atomic E-state index is 15.6. The van der Waals surface area contributed by atoms with Crippen LogP contribution in [-0.4, -0.2) is 184 Å². The molecule has 4 aromatic carbocycles. The molecular formula is C103H117F2N15O26S. The number of aliphatic hydroxyl groups is 2. The predicted octanol–water partition coefficient (Wildman–Crippen LogP) is 9.89. The summed E-state index contributed by atoms with van der Waals surface area (Å²) >= 11 is 0. The van der Waals surface area contributed by atoms with Crippen molar-refractivity contribution in [3.8, 4) is 34.6 Å². The second-order valence-corrected chi connectivity index (χ2v) is 40.4. The van der Waals surface area contributed by atoms with Crippen LogP contribution in [0.1, 0.15) is 216 Å². The van der Waals surface area contributed by atoms with Gasteiger partial charge in [0.25, 0.3) is 11.1 Å². The first kappa shape index (κ1) is 105. The third-order valence-corrected chi connectivity index (χ3v) is 30.2. The quantitative estimate of drug-likeness (QED) is 0.00751. The van der Waals surface area contributed by atoms with E-state index in [4.69, 9.17) is 47.9 Å². The van der Waals surface area contributed by atoms with E-state index in [9.17, 15) is 85.8 Å². The molecule has 1 fully saturated rings. The number of halogens is 2. The summed E-state index contributed by atoms with van der Waals surface area (Å²) in [5.41, 5.74) is 3.28. The molecule has 16 rings (SSSR count). The molecule has 1 saturated carbocycles. The van der Waals surface area contributed by atoms with Gasteiger partial charge in [0, 0.05) is 89.0 Å². The molecule has 0 radical (unpaired) electrons. The number of carbonyl (C=O) groups is 12. The molecule has 41 nitrogen and oxygen atoms in total. The van der Waals surface area contributed by atoms with Gasteiger partial charge in [-0.2, -0.15) is 12.7 Å². The van der Waals surface area contributed by atoms with Crippen LogP contribution < -0.4 is 63.7 Å². The van der Waals surface area contributed by atoms with E-state index in [1.807, 2.05) is 0 Å². The summed E-state index contributed by atoms with van der Waals surface area (Å²) in [4.78, 5) is 199. The van der Waals surface area contributed by atoms with Crippen LogP contribution in [0, 0.1) is 66.9 Å². The Kier molecular flexibility index (Phi) is 31.4. The zero-order valence-electron chi connectivity index (χ0n) is 82.8. The van der Waals surface area contributed by atoms with E-state index in [1.54, 1.807) is 96.5 Å². The highest BCUT2D eigenvalue weighted by Crippen LogP contribution is 2.53. The summed E-state index contributed by atoms with van der Waals surface area (Å²) in [6, 6.07) is 11.6. The minimum absolute atomic E-state index is 0.0173. The fraction of sp³-hybridized carbons (Fsp3) is 0.476. The SMILES string of the molecule is CC[C@@]1(O)C(=O)OCc2c1cc1n(c2=O)Cc2c-1nc1cc(F)c(C)c3c1c2[C@@H](NC(=O)OCc1ccc(NC(=O)[C@H](C)NC(=O)[C@@H](NC(=O)OCCN(CCOC(=O)N[C@H](C(=O)N[C@@H](C)C(=O)Nc2ccc(COC(=O)N[C@H]4CCc5c(C)c(F)cc6nc7c(c4c56)Cn4c-7cc5c(c4=O)COC(=O)[C@]5(O)CC)cc2)C(C)C)S(=O)(=O)NC(=O)OCCCCCNC(=O)OC[C@@H]2[C@@H]4CCC#CCC[C@@H]42)C(C)C)cc1)CC3. The number of benzene rings is 4. The largest absolute Gasteiger partial charge is 0.458 e. The Morgan fingerprint density at radius 1 is 0.517 bits per heavy atom. The number of rotatable bonds is 36. The highest BCUT2D eigenvalue weighted by atomic mass is 32.2. The van der Waals surface area contributed by atoms with Crippen molar-refractivity contribution in [3.63, 3.8) is 0 Å². The van der Waals surface area contributed by atoms with Crippen LogP contribution in [0.15, 0.2) is 82.4 Å². The first-order chi connectivity index (χ1) is 70.2. The van der Waals surface area contributed by atoms with Crippen LogP contribution in [0.4, 0.5) is 48.9 Å². The van der Waals surface area contributed by atoms with E-state index >= 15 is 8.78 Å². The number of alkyl carbamates (subject to hydrolysis) is 5. The van der Waals surface area contributed by atoms with Gasteiger partial charge in [0.2, 0.25) is 23.6 Å². The lowest BCUT2D eigenvalue weighted by molar-refractivity contribution is -0.172. The van der Waals surface area contributed by atoms with E-state index in [1.165, 1.54) is 59.4 Å². The van der Waals surface area contributed by atoms with Crippen LogP contribution in [0.3, 0.4) is 0 Å². The number of aromatic nitrogens is 4. The van der Waals surface area contributed by atoms with Crippen molar-refractivity contribution >= 4 is 116 Å². The fourth-order valence-electron chi connectivity index (χ4n) is 20.4. The van der Waals surface area contributed by atoms with E-state index in [2.05, 4.69) is 59.7 Å². The molecule has 4 aliphatic carbocycles. The van der Waals surface area contributed by atoms with Crippen LogP contribution >= 0.6 is 0 Å². The van der Waals surface area contributed by atoms with Crippen LogP contribution in [0.25, 0.3) is 44.6 Å². The van der Waals surface area contributed by atoms with E-state index in [-0.39, 0.29) is 117 Å². The van der Waals surface area contributed by atoms with Crippen molar-refractivity contribution in [2.45, 2.75) is 240 Å². The molecule has 4 aliphatic heterocycles. The Morgan fingerprint density at radius 3 is 1.37 bits per heavy atom. The summed E-state index contributed by atoms with van der Waals surface area (Å²) in [5.74, 6) is 0.543. The summed E-state index contributed by atoms with van der Waals surface area (Å²) in [5, 5.41) is 48.3. The zero-order valence-corrected chi connectivity index (χ0v) is 83.6. The van der Waals surface area contributed by atoms with Crippen LogP contribution in [-0.2, 0) is 140 Å². The molecule has 4 aromatic heterocycles. The average Bonchev–Trinajstić information content (AvgIpc) is 1.55. The third kappa shape index (κ3) is 22.2. The van der Waals surface area contributed by atoms with Gasteiger partial charge < -0.3 is 105 Å². The van der Waals surface area contributed by atoms with Crippen molar-refractivity contribution in [1.82, 2.24) is 65.3 Å². The minimum Gasteiger partial charge on any atom is -0.458 e. The number of aryl methyl sites for hydroxylation is 2. The smallest absolute Gasteiger partial charge is 0.421 e. The molecule has 0 bridgehead atoms. The van der Waals surface area contributed by atoms with Gasteiger partial charge >= 0.3 is 58.7 Å². The maximum Gasteiger partial charge on any atom is 0.421 e. The number of carbonyl (C=O) groups excluding carboxylic acids is 12. The molecule has 0 saturated heterocycles. The minimum atomic E-state index is -4.95. The van der Waals surface area contributed by atoms with Crippen molar-refractivity contribution in [2.24, 2.45) is 29.6 Å². The van der Waals surface area contributed by atoms with E-state index in [0.29, 0.717) is 156 Å². The highest BCUT2D eigenvalue weighted by Gasteiger charge is 2.51. The first-order valence-electron chi connectivity index (χ1n) is 49.2. The number of nitrogens with one attached hydrogen (secondary N) is 10. The number of cyclic esters (lactones) is 2. The second-order valence-electron chi connectivity index (χ2n) is 38.7. The Labute approximate surface area is 843 Å². The highest BCUT2D eigenvalue weighted by molar-refractivity contribution is 7.87. The predicted molar refractivity (Wildman–Crippen MR) is 524 cm³/mol. The molecule has 147 heavy (non-hydrogen) atoms.